The van der Waals surface area contributed by atoms with Gasteiger partial charge in [-0.3, -0.25) is 4.79 Å². The van der Waals surface area contributed by atoms with Crippen LogP contribution in [0.3, 0.4) is 0 Å². The van der Waals surface area contributed by atoms with Gasteiger partial charge in [-0.05, 0) is 86.7 Å². The van der Waals surface area contributed by atoms with Crippen LogP contribution in [0.4, 0.5) is 0 Å². The summed E-state index contributed by atoms with van der Waals surface area (Å²) in [6.45, 7) is 7.39. The van der Waals surface area contributed by atoms with Crippen molar-refractivity contribution < 1.29 is 0 Å². The number of pyridine rings is 1. The number of hydrogen-bond donors (Lipinski definition) is 0. The quantitative estimate of drug-likeness (QED) is 0.283. The zero-order valence-electron chi connectivity index (χ0n) is 16.6. The van der Waals surface area contributed by atoms with Crippen LogP contribution in [0.15, 0.2) is 53.3 Å². The standard InChI is InChI=1S/C24H25I2NO/c1-4-15-27-22(18-11-7-16(5-2)8-12-18)20(25)24(28)21(26)23(27)19-13-9-17(6-3)10-14-19/h7-14H,4-6,15H2,1-3H3. The summed E-state index contributed by atoms with van der Waals surface area (Å²) < 4.78 is 3.94. The lowest BCUT2D eigenvalue weighted by molar-refractivity contribution is 0.682. The SMILES string of the molecule is CCCn1c(-c2ccc(CC)cc2)c(I)c(=O)c(I)c1-c1ccc(CC)cc1. The van der Waals surface area contributed by atoms with Crippen molar-refractivity contribution in [2.24, 2.45) is 0 Å². The van der Waals surface area contributed by atoms with Crippen molar-refractivity contribution in [3.05, 3.63) is 77.0 Å². The van der Waals surface area contributed by atoms with Crippen LogP contribution >= 0.6 is 45.2 Å². The van der Waals surface area contributed by atoms with Crippen molar-refractivity contribution in [3.8, 4) is 22.5 Å². The normalized spacial score (nSPS) is 11.0. The molecule has 3 rings (SSSR count). The Bertz CT molecular complexity index is 941. The Hall–Kier alpha value is -1.15. The molecule has 1 aromatic heterocycles. The van der Waals surface area contributed by atoms with Gasteiger partial charge in [-0.1, -0.05) is 69.3 Å². The van der Waals surface area contributed by atoms with Crippen molar-refractivity contribution in [1.29, 1.82) is 0 Å². The molecular formula is C24H25I2NO. The van der Waals surface area contributed by atoms with E-state index in [1.165, 1.54) is 11.1 Å². The molecule has 0 aliphatic heterocycles. The van der Waals surface area contributed by atoms with Crippen LogP contribution in [0.2, 0.25) is 0 Å². The third-order valence-electron chi connectivity index (χ3n) is 5.07. The number of nitrogens with zero attached hydrogens (tertiary/aromatic N) is 1. The molecule has 0 saturated heterocycles. The highest BCUT2D eigenvalue weighted by atomic mass is 127. The Balaban J connectivity index is 2.31. The molecule has 2 nitrogen and oxygen atoms in total. The smallest absolute Gasteiger partial charge is 0.209 e. The van der Waals surface area contributed by atoms with Crippen LogP contribution in [-0.2, 0) is 19.4 Å². The van der Waals surface area contributed by atoms with Crippen molar-refractivity contribution in [1.82, 2.24) is 4.57 Å². The number of hydrogen-bond acceptors (Lipinski definition) is 1. The van der Waals surface area contributed by atoms with Gasteiger partial charge in [-0.15, -0.1) is 0 Å². The van der Waals surface area contributed by atoms with Gasteiger partial charge < -0.3 is 4.57 Å². The molecule has 1 heterocycles. The second kappa shape index (κ2) is 9.57. The summed E-state index contributed by atoms with van der Waals surface area (Å²) in [7, 11) is 0. The minimum atomic E-state index is 0.123. The molecule has 146 valence electrons. The van der Waals surface area contributed by atoms with E-state index in [0.717, 1.165) is 55.5 Å². The second-order valence-electron chi connectivity index (χ2n) is 6.91. The fourth-order valence-corrected chi connectivity index (χ4v) is 5.73. The van der Waals surface area contributed by atoms with Gasteiger partial charge in [-0.2, -0.15) is 0 Å². The minimum Gasteiger partial charge on any atom is -0.339 e. The van der Waals surface area contributed by atoms with E-state index in [0.29, 0.717) is 0 Å². The van der Waals surface area contributed by atoms with Crippen LogP contribution < -0.4 is 5.43 Å². The second-order valence-corrected chi connectivity index (χ2v) is 9.06. The van der Waals surface area contributed by atoms with E-state index in [2.05, 4.69) is 119 Å². The maximum Gasteiger partial charge on any atom is 0.209 e. The summed E-state index contributed by atoms with van der Waals surface area (Å²) >= 11 is 4.45. The van der Waals surface area contributed by atoms with Gasteiger partial charge in [0.05, 0.1) is 18.5 Å². The van der Waals surface area contributed by atoms with E-state index in [-0.39, 0.29) is 5.43 Å². The van der Waals surface area contributed by atoms with Gasteiger partial charge in [0.2, 0.25) is 5.43 Å². The van der Waals surface area contributed by atoms with E-state index in [9.17, 15) is 4.79 Å². The summed E-state index contributed by atoms with van der Waals surface area (Å²) in [5, 5.41) is 0. The number of benzene rings is 2. The largest absolute Gasteiger partial charge is 0.339 e. The van der Waals surface area contributed by atoms with Gasteiger partial charge in [0, 0.05) is 6.54 Å². The summed E-state index contributed by atoms with van der Waals surface area (Å²) in [6.07, 6.45) is 3.04. The number of rotatable bonds is 6. The van der Waals surface area contributed by atoms with E-state index in [1.807, 2.05) is 0 Å². The van der Waals surface area contributed by atoms with Crippen molar-refractivity contribution >= 4 is 45.2 Å². The monoisotopic (exact) mass is 597 g/mol. The van der Waals surface area contributed by atoms with Crippen LogP contribution in [-0.4, -0.2) is 4.57 Å². The molecule has 4 heteroatoms. The molecule has 0 bridgehead atoms. The fourth-order valence-electron chi connectivity index (χ4n) is 3.47. The number of aryl methyl sites for hydroxylation is 2. The Morgan fingerprint density at radius 3 is 1.43 bits per heavy atom. The summed E-state index contributed by atoms with van der Waals surface area (Å²) in [5.41, 5.74) is 7.02. The lowest BCUT2D eigenvalue weighted by Gasteiger charge is -2.22. The average Bonchev–Trinajstić information content (AvgIpc) is 2.73. The Morgan fingerprint density at radius 2 is 1.11 bits per heavy atom. The van der Waals surface area contributed by atoms with Gasteiger partial charge in [0.15, 0.2) is 0 Å². The first-order valence-electron chi connectivity index (χ1n) is 9.82. The zero-order valence-corrected chi connectivity index (χ0v) is 20.9. The summed E-state index contributed by atoms with van der Waals surface area (Å²) in [6, 6.07) is 17.3. The van der Waals surface area contributed by atoms with Gasteiger partial charge in [-0.25, -0.2) is 0 Å². The Kier molecular flexibility index (Phi) is 7.36. The predicted octanol–water partition coefficient (Wildman–Crippen LogP) is 6.93. The average molecular weight is 597 g/mol. The number of halogens is 2. The third-order valence-corrected chi connectivity index (χ3v) is 7.07. The molecule has 2 aromatic carbocycles. The van der Waals surface area contributed by atoms with Crippen LogP contribution in [0.25, 0.3) is 22.5 Å². The van der Waals surface area contributed by atoms with Crippen molar-refractivity contribution in [2.45, 2.75) is 46.6 Å². The highest BCUT2D eigenvalue weighted by Crippen LogP contribution is 2.33. The van der Waals surface area contributed by atoms with Crippen LogP contribution in [0.1, 0.15) is 38.3 Å². The van der Waals surface area contributed by atoms with Gasteiger partial charge in [0.1, 0.15) is 0 Å². The predicted molar refractivity (Wildman–Crippen MR) is 136 cm³/mol. The fraction of sp³-hybridized carbons (Fsp3) is 0.292. The molecule has 0 atom stereocenters. The first kappa shape index (κ1) is 21.6. The van der Waals surface area contributed by atoms with Crippen LogP contribution in [0, 0.1) is 7.14 Å². The highest BCUT2D eigenvalue weighted by molar-refractivity contribution is 14.1. The van der Waals surface area contributed by atoms with Gasteiger partial charge >= 0.3 is 0 Å². The first-order chi connectivity index (χ1) is 13.5. The van der Waals surface area contributed by atoms with E-state index >= 15 is 0 Å². The van der Waals surface area contributed by atoms with Gasteiger partial charge in [0.25, 0.3) is 0 Å². The van der Waals surface area contributed by atoms with Crippen LogP contribution in [0.5, 0.6) is 0 Å². The Labute approximate surface area is 194 Å². The lowest BCUT2D eigenvalue weighted by Crippen LogP contribution is -2.21. The number of aromatic nitrogens is 1. The molecule has 0 unspecified atom stereocenters. The molecule has 0 radical (unpaired) electrons. The molecule has 0 amide bonds. The Morgan fingerprint density at radius 1 is 0.714 bits per heavy atom. The minimum absolute atomic E-state index is 0.123. The molecule has 28 heavy (non-hydrogen) atoms. The summed E-state index contributed by atoms with van der Waals surface area (Å²) in [5.74, 6) is 0. The van der Waals surface area contributed by atoms with Crippen molar-refractivity contribution in [3.63, 3.8) is 0 Å². The molecule has 0 spiro atoms. The first-order valence-corrected chi connectivity index (χ1v) is 12.0. The lowest BCUT2D eigenvalue weighted by atomic mass is 10.0. The molecule has 0 fully saturated rings. The molecule has 0 aliphatic carbocycles. The molecule has 0 saturated carbocycles. The maximum atomic E-state index is 13.1. The summed E-state index contributed by atoms with van der Waals surface area (Å²) in [4.78, 5) is 13.1. The van der Waals surface area contributed by atoms with E-state index in [4.69, 9.17) is 0 Å². The van der Waals surface area contributed by atoms with E-state index < -0.39 is 0 Å². The van der Waals surface area contributed by atoms with E-state index in [1.54, 1.807) is 0 Å². The topological polar surface area (TPSA) is 22.0 Å². The molecule has 0 N–H and O–H groups in total. The third kappa shape index (κ3) is 4.22. The maximum absolute atomic E-state index is 13.1. The molecule has 3 aromatic rings. The molecule has 0 aliphatic rings. The highest BCUT2D eigenvalue weighted by Gasteiger charge is 2.21. The van der Waals surface area contributed by atoms with Crippen molar-refractivity contribution in [2.75, 3.05) is 0 Å². The molecular weight excluding hydrogens is 572 g/mol. The zero-order chi connectivity index (χ0) is 20.3.